The van der Waals surface area contributed by atoms with Crippen LogP contribution in [0.1, 0.15) is 109 Å². The van der Waals surface area contributed by atoms with E-state index in [0.717, 1.165) is 101 Å². The molecule has 2 aromatic carbocycles. The first-order valence-corrected chi connectivity index (χ1v) is 18.6. The van der Waals surface area contributed by atoms with Crippen molar-refractivity contribution >= 4 is 23.2 Å². The lowest BCUT2D eigenvalue weighted by Crippen LogP contribution is -2.36. The molecule has 2 aliphatic heterocycles. The summed E-state index contributed by atoms with van der Waals surface area (Å²) in [5.41, 5.74) is 7.28. The summed E-state index contributed by atoms with van der Waals surface area (Å²) in [6.07, 6.45) is 9.50. The van der Waals surface area contributed by atoms with E-state index >= 15 is 0 Å². The van der Waals surface area contributed by atoms with Crippen molar-refractivity contribution in [1.82, 2.24) is 29.7 Å². The van der Waals surface area contributed by atoms with Crippen LogP contribution in [0.2, 0.25) is 0 Å². The van der Waals surface area contributed by atoms with Gasteiger partial charge < -0.3 is 23.9 Å². The minimum Gasteiger partial charge on any atom is -0.456 e. The summed E-state index contributed by atoms with van der Waals surface area (Å²) >= 11 is 0. The van der Waals surface area contributed by atoms with Gasteiger partial charge in [-0.15, -0.1) is 0 Å². The predicted octanol–water partition coefficient (Wildman–Crippen LogP) is 9.51. The van der Waals surface area contributed by atoms with Crippen molar-refractivity contribution in [2.24, 2.45) is 0 Å². The van der Waals surface area contributed by atoms with E-state index in [1.807, 2.05) is 60.0 Å². The van der Waals surface area contributed by atoms with Crippen molar-refractivity contribution in [2.75, 3.05) is 13.1 Å². The maximum Gasteiger partial charge on any atom is 0.410 e. The Hall–Kier alpha value is -5.06. The summed E-state index contributed by atoms with van der Waals surface area (Å²) in [6, 6.07) is 12.6. The van der Waals surface area contributed by atoms with Crippen LogP contribution in [-0.4, -0.2) is 66.2 Å². The van der Waals surface area contributed by atoms with Crippen molar-refractivity contribution < 1.29 is 23.5 Å². The fourth-order valence-corrected chi connectivity index (χ4v) is 7.91. The Bertz CT molecular complexity index is 2150. The van der Waals surface area contributed by atoms with Gasteiger partial charge in [0.2, 0.25) is 0 Å². The number of benzene rings is 2. The number of ether oxygens (including phenoxy) is 2. The number of aromatic amines is 2. The van der Waals surface area contributed by atoms with E-state index in [1.165, 1.54) is 11.1 Å². The van der Waals surface area contributed by atoms with Crippen molar-refractivity contribution in [2.45, 2.75) is 110 Å². The van der Waals surface area contributed by atoms with Gasteiger partial charge in [0.25, 0.3) is 0 Å². The number of fused-ring (bicyclic) bond motifs is 5. The minimum atomic E-state index is -0.549. The van der Waals surface area contributed by atoms with Crippen molar-refractivity contribution in [3.05, 3.63) is 71.6 Å². The van der Waals surface area contributed by atoms with Gasteiger partial charge in [-0.1, -0.05) is 12.1 Å². The highest BCUT2D eigenvalue weighted by Crippen LogP contribution is 2.42. The van der Waals surface area contributed by atoms with Crippen LogP contribution in [-0.2, 0) is 22.3 Å². The first kappa shape index (κ1) is 34.0. The van der Waals surface area contributed by atoms with E-state index in [2.05, 4.69) is 40.3 Å². The first-order chi connectivity index (χ1) is 24.8. The number of carbonyl (C=O) groups excluding carboxylic acids is 2. The highest BCUT2D eigenvalue weighted by Gasteiger charge is 2.36. The average molecular weight is 705 g/mol. The van der Waals surface area contributed by atoms with E-state index in [-0.39, 0.29) is 24.3 Å². The van der Waals surface area contributed by atoms with Gasteiger partial charge in [0.1, 0.15) is 34.2 Å². The van der Waals surface area contributed by atoms with E-state index in [1.54, 1.807) is 9.80 Å². The molecular weight excluding hydrogens is 656 g/mol. The highest BCUT2D eigenvalue weighted by molar-refractivity contribution is 5.92. The zero-order valence-electron chi connectivity index (χ0n) is 31.0. The molecule has 272 valence electrons. The van der Waals surface area contributed by atoms with Crippen molar-refractivity contribution in [1.29, 1.82) is 0 Å². The van der Waals surface area contributed by atoms with Crippen LogP contribution in [0.5, 0.6) is 0 Å². The van der Waals surface area contributed by atoms with Gasteiger partial charge in [-0.3, -0.25) is 9.80 Å². The third-order valence-corrected chi connectivity index (χ3v) is 10.2. The molecule has 5 aromatic rings. The molecule has 0 radical (unpaired) electrons. The molecule has 2 amide bonds. The number of nitrogens with one attached hydrogen (secondary N) is 2. The molecule has 2 atom stereocenters. The zero-order valence-corrected chi connectivity index (χ0v) is 31.0. The molecule has 2 saturated heterocycles. The Kier molecular flexibility index (Phi) is 8.42. The van der Waals surface area contributed by atoms with Crippen LogP contribution in [0.3, 0.4) is 0 Å². The monoisotopic (exact) mass is 704 g/mol. The Labute approximate surface area is 304 Å². The van der Waals surface area contributed by atoms with Gasteiger partial charge in [-0.25, -0.2) is 19.6 Å². The lowest BCUT2D eigenvalue weighted by Gasteiger charge is -2.27. The van der Waals surface area contributed by atoms with Gasteiger partial charge in [0.15, 0.2) is 0 Å². The molecule has 2 fully saturated rings. The smallest absolute Gasteiger partial charge is 0.410 e. The molecule has 3 aromatic heterocycles. The normalized spacial score (nSPS) is 19.1. The van der Waals surface area contributed by atoms with Crippen LogP contribution in [0.25, 0.3) is 44.8 Å². The second-order valence-electron chi connectivity index (χ2n) is 16.4. The fourth-order valence-electron chi connectivity index (χ4n) is 7.91. The molecule has 0 unspecified atom stereocenters. The van der Waals surface area contributed by atoms with Crippen LogP contribution in [0.15, 0.2) is 53.2 Å². The fraction of sp³-hybridized carbons (Fsp3) is 0.463. The number of nitrogens with zero attached hydrogens (tertiary/aromatic N) is 4. The van der Waals surface area contributed by atoms with Crippen LogP contribution < -0.4 is 0 Å². The minimum absolute atomic E-state index is 0.129. The molecule has 0 saturated carbocycles. The number of rotatable bonds is 4. The Morgan fingerprint density at radius 2 is 1.31 bits per heavy atom. The molecule has 52 heavy (non-hydrogen) atoms. The molecule has 11 heteroatoms. The summed E-state index contributed by atoms with van der Waals surface area (Å²) < 4.78 is 17.9. The second kappa shape index (κ2) is 12.9. The van der Waals surface area contributed by atoms with Gasteiger partial charge >= 0.3 is 12.2 Å². The number of imidazole rings is 2. The van der Waals surface area contributed by atoms with Crippen LogP contribution >= 0.6 is 0 Å². The van der Waals surface area contributed by atoms with Crippen LogP contribution in [0, 0.1) is 0 Å². The molecule has 0 bridgehead atoms. The molecule has 11 nitrogen and oxygen atoms in total. The topological polar surface area (TPSA) is 130 Å². The average Bonchev–Trinajstić information content (AvgIpc) is 3.92. The number of aryl methyl sites for hydroxylation is 2. The van der Waals surface area contributed by atoms with Crippen molar-refractivity contribution in [3.8, 4) is 33.8 Å². The third kappa shape index (κ3) is 6.57. The number of hydrogen-bond donors (Lipinski definition) is 2. The number of hydrogen-bond acceptors (Lipinski definition) is 7. The lowest BCUT2D eigenvalue weighted by atomic mass is 9.98. The van der Waals surface area contributed by atoms with E-state index in [9.17, 15) is 9.59 Å². The number of carbonyl (C=O) groups is 2. The number of furan rings is 1. The second-order valence-corrected chi connectivity index (χ2v) is 16.4. The number of H-pyrrole nitrogens is 2. The molecule has 3 aliphatic rings. The molecule has 5 heterocycles. The maximum atomic E-state index is 12.9. The highest BCUT2D eigenvalue weighted by atomic mass is 16.6. The van der Waals surface area contributed by atoms with E-state index in [4.69, 9.17) is 23.9 Å². The summed E-state index contributed by atoms with van der Waals surface area (Å²) in [7, 11) is 0. The number of likely N-dealkylation sites (tertiary alicyclic amines) is 2. The SMILES string of the molecule is CC(C)(C)OC(=O)N1CCC[C@H]1c1ncc(-c2ccc3c(c2)CCCc2c-3oc3ccc(-c4cnc([C@@H]5CCCN5C(=O)OC(C)(C)C)[nH]4)cc23)[nH]1. The molecular formula is C41H48N6O5. The quantitative estimate of drug-likeness (QED) is 0.191. The van der Waals surface area contributed by atoms with Crippen LogP contribution in [0.4, 0.5) is 9.59 Å². The standard InChI is InChI=1S/C41H48N6O5/c1-40(2,3)51-38(48)46-18-8-12-32(46)36-42-22-30(44-36)25-14-16-27-24(20-25)10-7-11-28-29-21-26(15-17-34(29)50-35(27)28)31-23-43-37(45-31)33-13-9-19-47(33)39(49)52-41(4,5)6/h14-17,20-23,32-33H,7-13,18-19H2,1-6H3,(H,42,44)(H,43,45)/t32-,33-/m0/s1. The summed E-state index contributed by atoms with van der Waals surface area (Å²) in [6.45, 7) is 12.7. The van der Waals surface area contributed by atoms with Crippen molar-refractivity contribution in [3.63, 3.8) is 0 Å². The Morgan fingerprint density at radius 1 is 0.750 bits per heavy atom. The Balaban J connectivity index is 1.03. The van der Waals surface area contributed by atoms with Gasteiger partial charge in [0, 0.05) is 35.2 Å². The largest absolute Gasteiger partial charge is 0.456 e. The summed E-state index contributed by atoms with van der Waals surface area (Å²) in [4.78, 5) is 45.9. The molecule has 8 rings (SSSR count). The van der Waals surface area contributed by atoms with E-state index < -0.39 is 11.2 Å². The summed E-state index contributed by atoms with van der Waals surface area (Å²) in [5, 5.41) is 1.11. The van der Waals surface area contributed by atoms with E-state index in [0.29, 0.717) is 13.1 Å². The zero-order chi connectivity index (χ0) is 36.4. The third-order valence-electron chi connectivity index (χ3n) is 10.2. The molecule has 2 N–H and O–H groups in total. The maximum absolute atomic E-state index is 12.9. The van der Waals surface area contributed by atoms with Gasteiger partial charge in [0.05, 0.1) is 35.9 Å². The predicted molar refractivity (Wildman–Crippen MR) is 199 cm³/mol. The lowest BCUT2D eigenvalue weighted by molar-refractivity contribution is 0.0208. The number of amides is 2. The summed E-state index contributed by atoms with van der Waals surface area (Å²) in [5.74, 6) is 2.50. The first-order valence-electron chi connectivity index (χ1n) is 18.6. The molecule has 1 aliphatic carbocycles. The number of aromatic nitrogens is 4. The van der Waals surface area contributed by atoms with Gasteiger partial charge in [-0.2, -0.15) is 0 Å². The van der Waals surface area contributed by atoms with Gasteiger partial charge in [-0.05, 0) is 122 Å². The Morgan fingerprint density at radius 3 is 1.88 bits per heavy atom. The molecule has 0 spiro atoms.